The summed E-state index contributed by atoms with van der Waals surface area (Å²) in [6, 6.07) is 8.36. The fourth-order valence-electron chi connectivity index (χ4n) is 2.14. The molecule has 0 saturated carbocycles. The molecule has 108 valence electrons. The smallest absolute Gasteiger partial charge is 0.0928 e. The first-order valence-corrected chi connectivity index (χ1v) is 9.46. The molecule has 0 bridgehead atoms. The maximum absolute atomic E-state index is 6.21. The van der Waals surface area contributed by atoms with E-state index in [9.17, 15) is 0 Å². The van der Waals surface area contributed by atoms with Gasteiger partial charge in [-0.25, -0.2) is 0 Å². The molecule has 0 N–H and O–H groups in total. The van der Waals surface area contributed by atoms with Gasteiger partial charge in [-0.05, 0) is 25.0 Å². The summed E-state index contributed by atoms with van der Waals surface area (Å²) in [5.74, 6) is 0. The quantitative estimate of drug-likeness (QED) is 0.249. The summed E-state index contributed by atoms with van der Waals surface area (Å²) in [6.07, 6.45) is 6.93. The van der Waals surface area contributed by atoms with Crippen LogP contribution in [0.25, 0.3) is 0 Å². The lowest BCUT2D eigenvalue weighted by molar-refractivity contribution is 0.00548. The molecule has 0 aliphatic rings. The van der Waals surface area contributed by atoms with Crippen molar-refractivity contribution < 1.29 is 4.74 Å². The van der Waals surface area contributed by atoms with Gasteiger partial charge >= 0.3 is 0 Å². The van der Waals surface area contributed by atoms with Gasteiger partial charge < -0.3 is 4.74 Å². The van der Waals surface area contributed by atoms with Crippen molar-refractivity contribution in [1.82, 2.24) is 0 Å². The molecular weight excluding hydrogens is 415 g/mol. The number of benzene rings is 1. The second kappa shape index (κ2) is 10.2. The van der Waals surface area contributed by atoms with Gasteiger partial charge in [0.25, 0.3) is 0 Å². The fourth-order valence-corrected chi connectivity index (χ4v) is 3.36. The number of hydrogen-bond donors (Lipinski definition) is 0. The van der Waals surface area contributed by atoms with Gasteiger partial charge in [-0.1, -0.05) is 89.3 Å². The van der Waals surface area contributed by atoms with Crippen LogP contribution in [0.2, 0.25) is 0 Å². The molecule has 0 amide bonds. The molecule has 2 unspecified atom stereocenters. The van der Waals surface area contributed by atoms with Crippen molar-refractivity contribution in [2.75, 3.05) is 4.43 Å². The number of halogens is 2. The van der Waals surface area contributed by atoms with Gasteiger partial charge in [0.2, 0.25) is 0 Å². The first-order valence-electron chi connectivity index (χ1n) is 7.14. The average Bonchev–Trinajstić information content (AvgIpc) is 2.42. The number of ether oxygens (including phenoxy) is 1. The standard InChI is InChI=1S/C16H24BrIO/c1-3-4-5-6-9-13(2)19-16(12-18)14-10-7-8-11-15(14)17/h7-8,10-11,13,16H,3-6,9,12H2,1-2H3. The molecule has 1 aromatic rings. The Bertz CT molecular complexity index is 356. The third-order valence-electron chi connectivity index (χ3n) is 3.25. The van der Waals surface area contributed by atoms with Gasteiger partial charge in [0, 0.05) is 8.90 Å². The molecule has 19 heavy (non-hydrogen) atoms. The van der Waals surface area contributed by atoms with Crippen LogP contribution in [0.3, 0.4) is 0 Å². The van der Waals surface area contributed by atoms with Crippen LogP contribution < -0.4 is 0 Å². The van der Waals surface area contributed by atoms with Gasteiger partial charge in [-0.15, -0.1) is 0 Å². The zero-order chi connectivity index (χ0) is 14.1. The van der Waals surface area contributed by atoms with E-state index < -0.39 is 0 Å². The second-order valence-corrected chi connectivity index (χ2v) is 6.70. The molecule has 2 atom stereocenters. The van der Waals surface area contributed by atoms with Crippen molar-refractivity contribution >= 4 is 38.5 Å². The summed E-state index contributed by atoms with van der Waals surface area (Å²) in [4.78, 5) is 0. The molecule has 0 aliphatic heterocycles. The highest BCUT2D eigenvalue weighted by Crippen LogP contribution is 2.29. The summed E-state index contributed by atoms with van der Waals surface area (Å²) < 4.78 is 8.34. The first-order chi connectivity index (χ1) is 9.19. The van der Waals surface area contributed by atoms with Crippen LogP contribution in [-0.4, -0.2) is 10.5 Å². The number of unbranched alkanes of at least 4 members (excludes halogenated alkanes) is 3. The van der Waals surface area contributed by atoms with Crippen molar-refractivity contribution in [3.05, 3.63) is 34.3 Å². The van der Waals surface area contributed by atoms with E-state index >= 15 is 0 Å². The minimum atomic E-state index is 0.192. The second-order valence-electron chi connectivity index (χ2n) is 4.96. The van der Waals surface area contributed by atoms with E-state index in [0.717, 1.165) is 15.3 Å². The highest BCUT2D eigenvalue weighted by Gasteiger charge is 2.16. The third-order valence-corrected chi connectivity index (χ3v) is 4.78. The molecule has 0 radical (unpaired) electrons. The van der Waals surface area contributed by atoms with Crippen LogP contribution in [0.15, 0.2) is 28.7 Å². The zero-order valence-electron chi connectivity index (χ0n) is 11.9. The van der Waals surface area contributed by atoms with Crippen molar-refractivity contribution in [2.45, 2.75) is 58.2 Å². The normalized spacial score (nSPS) is 14.3. The molecule has 1 nitrogen and oxygen atoms in total. The number of rotatable bonds is 9. The molecule has 0 aliphatic carbocycles. The van der Waals surface area contributed by atoms with Crippen molar-refractivity contribution in [3.63, 3.8) is 0 Å². The Labute approximate surface area is 139 Å². The minimum Gasteiger partial charge on any atom is -0.370 e. The lowest BCUT2D eigenvalue weighted by Crippen LogP contribution is -2.15. The fraction of sp³-hybridized carbons (Fsp3) is 0.625. The predicted molar refractivity (Wildman–Crippen MR) is 95.1 cm³/mol. The first kappa shape index (κ1) is 17.4. The lowest BCUT2D eigenvalue weighted by atomic mass is 10.1. The van der Waals surface area contributed by atoms with E-state index in [1.807, 2.05) is 6.07 Å². The Hall–Kier alpha value is 0.390. The minimum absolute atomic E-state index is 0.192. The zero-order valence-corrected chi connectivity index (χ0v) is 15.6. The lowest BCUT2D eigenvalue weighted by Gasteiger charge is -2.22. The summed E-state index contributed by atoms with van der Waals surface area (Å²) in [5, 5.41) is 0. The summed E-state index contributed by atoms with van der Waals surface area (Å²) in [6.45, 7) is 4.45. The van der Waals surface area contributed by atoms with Gasteiger partial charge in [0.1, 0.15) is 0 Å². The number of hydrogen-bond acceptors (Lipinski definition) is 1. The SMILES string of the molecule is CCCCCCC(C)OC(CI)c1ccccc1Br. The van der Waals surface area contributed by atoms with Crippen LogP contribution >= 0.6 is 38.5 Å². The van der Waals surface area contributed by atoms with Gasteiger partial charge in [0.05, 0.1) is 12.2 Å². The van der Waals surface area contributed by atoms with E-state index in [-0.39, 0.29) is 6.10 Å². The molecule has 3 heteroatoms. The van der Waals surface area contributed by atoms with Crippen LogP contribution in [0.4, 0.5) is 0 Å². The molecule has 1 rings (SSSR count). The number of alkyl halides is 1. The Morgan fingerprint density at radius 3 is 2.58 bits per heavy atom. The van der Waals surface area contributed by atoms with E-state index in [2.05, 4.69) is 70.6 Å². The molecule has 0 fully saturated rings. The highest BCUT2D eigenvalue weighted by atomic mass is 127. The maximum Gasteiger partial charge on any atom is 0.0928 e. The Balaban J connectivity index is 2.46. The van der Waals surface area contributed by atoms with Gasteiger partial charge in [-0.3, -0.25) is 0 Å². The maximum atomic E-state index is 6.21. The average molecular weight is 439 g/mol. The summed E-state index contributed by atoms with van der Waals surface area (Å²) in [5.41, 5.74) is 1.26. The summed E-state index contributed by atoms with van der Waals surface area (Å²) >= 11 is 6.03. The molecular formula is C16H24BrIO. The largest absolute Gasteiger partial charge is 0.370 e. The molecule has 0 saturated heterocycles. The van der Waals surface area contributed by atoms with Crippen molar-refractivity contribution in [3.8, 4) is 0 Å². The molecule has 1 aromatic carbocycles. The van der Waals surface area contributed by atoms with Crippen LogP contribution in [0, 0.1) is 0 Å². The molecule has 0 spiro atoms. The van der Waals surface area contributed by atoms with Crippen LogP contribution in [0.5, 0.6) is 0 Å². The Morgan fingerprint density at radius 2 is 1.95 bits per heavy atom. The monoisotopic (exact) mass is 438 g/mol. The Kier molecular flexibility index (Phi) is 9.33. The summed E-state index contributed by atoms with van der Waals surface area (Å²) in [7, 11) is 0. The van der Waals surface area contributed by atoms with E-state index in [1.54, 1.807) is 0 Å². The molecule has 0 aromatic heterocycles. The van der Waals surface area contributed by atoms with Gasteiger partial charge in [0.15, 0.2) is 0 Å². The topological polar surface area (TPSA) is 9.23 Å². The predicted octanol–water partition coefficient (Wildman–Crippen LogP) is 6.30. The van der Waals surface area contributed by atoms with Gasteiger partial charge in [-0.2, -0.15) is 0 Å². The van der Waals surface area contributed by atoms with Crippen LogP contribution in [-0.2, 0) is 4.74 Å². The highest BCUT2D eigenvalue weighted by molar-refractivity contribution is 14.1. The third kappa shape index (κ3) is 6.58. The van der Waals surface area contributed by atoms with Crippen molar-refractivity contribution in [2.24, 2.45) is 0 Å². The Morgan fingerprint density at radius 1 is 1.21 bits per heavy atom. The van der Waals surface area contributed by atoms with Crippen LogP contribution in [0.1, 0.15) is 57.6 Å². The van der Waals surface area contributed by atoms with Crippen molar-refractivity contribution in [1.29, 1.82) is 0 Å². The van der Waals surface area contributed by atoms with E-state index in [1.165, 1.54) is 31.2 Å². The molecule has 0 heterocycles. The van der Waals surface area contributed by atoms with E-state index in [4.69, 9.17) is 4.74 Å². The van der Waals surface area contributed by atoms with E-state index in [0.29, 0.717) is 6.10 Å².